The van der Waals surface area contributed by atoms with Crippen molar-refractivity contribution >= 4 is 5.91 Å². The van der Waals surface area contributed by atoms with Gasteiger partial charge in [-0.3, -0.25) is 4.79 Å². The first kappa shape index (κ1) is 13.2. The Kier molecular flexibility index (Phi) is 3.86. The number of carbonyl (C=O) groups is 1. The third-order valence-electron chi connectivity index (χ3n) is 2.74. The van der Waals surface area contributed by atoms with Crippen LogP contribution in [0.1, 0.15) is 21.7 Å². The number of primary amides is 1. The minimum absolute atomic E-state index is 0.162. The lowest BCUT2D eigenvalue weighted by Crippen LogP contribution is -2.17. The van der Waals surface area contributed by atoms with Gasteiger partial charge in [0, 0.05) is 24.7 Å². The van der Waals surface area contributed by atoms with E-state index in [0.717, 1.165) is 11.9 Å². The second-order valence-corrected chi connectivity index (χ2v) is 4.13. The van der Waals surface area contributed by atoms with Crippen molar-refractivity contribution in [3.8, 4) is 0 Å². The molecule has 6 nitrogen and oxygen atoms in total. The monoisotopic (exact) mass is 263 g/mol. The molecule has 2 rings (SSSR count). The molecular formula is C12H14FN5O. The van der Waals surface area contributed by atoms with E-state index in [4.69, 9.17) is 5.73 Å². The van der Waals surface area contributed by atoms with Gasteiger partial charge in [-0.2, -0.15) is 0 Å². The van der Waals surface area contributed by atoms with Gasteiger partial charge >= 0.3 is 0 Å². The van der Waals surface area contributed by atoms with E-state index in [0.29, 0.717) is 18.7 Å². The predicted octanol–water partition coefficient (Wildman–Crippen LogP) is 0.343. The van der Waals surface area contributed by atoms with Crippen LogP contribution in [0.3, 0.4) is 0 Å². The minimum atomic E-state index is -0.641. The Hall–Kier alpha value is -2.28. The number of hydrogen-bond acceptors (Lipinski definition) is 4. The highest BCUT2D eigenvalue weighted by atomic mass is 19.1. The van der Waals surface area contributed by atoms with E-state index in [1.54, 1.807) is 17.0 Å². The van der Waals surface area contributed by atoms with E-state index >= 15 is 0 Å². The average molecular weight is 263 g/mol. The van der Waals surface area contributed by atoms with Crippen molar-refractivity contribution in [3.63, 3.8) is 0 Å². The molecule has 0 saturated heterocycles. The largest absolute Gasteiger partial charge is 0.366 e. The molecule has 1 amide bonds. The molecule has 0 aliphatic rings. The van der Waals surface area contributed by atoms with Gasteiger partial charge in [0.05, 0.1) is 6.54 Å². The number of carbonyl (C=O) groups excluding carboxylic acids is 1. The fourth-order valence-corrected chi connectivity index (χ4v) is 1.62. The first-order chi connectivity index (χ1) is 9.08. The lowest BCUT2D eigenvalue weighted by molar-refractivity contribution is 0.1000. The molecule has 0 bridgehead atoms. The second kappa shape index (κ2) is 5.57. The summed E-state index contributed by atoms with van der Waals surface area (Å²) >= 11 is 0. The van der Waals surface area contributed by atoms with Crippen LogP contribution in [0, 0.1) is 5.82 Å². The third kappa shape index (κ3) is 3.14. The van der Waals surface area contributed by atoms with Crippen molar-refractivity contribution in [2.24, 2.45) is 12.8 Å². The zero-order valence-corrected chi connectivity index (χ0v) is 10.4. The summed E-state index contributed by atoms with van der Waals surface area (Å²) in [6, 6.07) is 4.19. The van der Waals surface area contributed by atoms with Crippen molar-refractivity contribution in [2.75, 3.05) is 0 Å². The number of amides is 1. The normalized spacial score (nSPS) is 10.6. The number of halogens is 1. The lowest BCUT2D eigenvalue weighted by atomic mass is 10.1. The van der Waals surface area contributed by atoms with Crippen LogP contribution < -0.4 is 11.1 Å². The SMILES string of the molecule is Cn1cnnc1CNCc1ccc(C(N)=O)cc1F. The van der Waals surface area contributed by atoms with Crippen LogP contribution in [0.2, 0.25) is 0 Å². The zero-order chi connectivity index (χ0) is 13.8. The Bertz CT molecular complexity index is 596. The van der Waals surface area contributed by atoms with Gasteiger partial charge in [0.2, 0.25) is 5.91 Å². The third-order valence-corrected chi connectivity index (χ3v) is 2.74. The van der Waals surface area contributed by atoms with E-state index in [9.17, 15) is 9.18 Å². The first-order valence-electron chi connectivity index (χ1n) is 5.69. The van der Waals surface area contributed by atoms with Crippen LogP contribution in [0.4, 0.5) is 4.39 Å². The lowest BCUT2D eigenvalue weighted by Gasteiger charge is -2.06. The van der Waals surface area contributed by atoms with Crippen LogP contribution >= 0.6 is 0 Å². The van der Waals surface area contributed by atoms with Crippen molar-refractivity contribution in [2.45, 2.75) is 13.1 Å². The second-order valence-electron chi connectivity index (χ2n) is 4.13. The summed E-state index contributed by atoms with van der Waals surface area (Å²) in [6.45, 7) is 0.811. The molecule has 1 heterocycles. The zero-order valence-electron chi connectivity index (χ0n) is 10.4. The molecule has 0 aliphatic carbocycles. The summed E-state index contributed by atoms with van der Waals surface area (Å²) in [5.74, 6) is -0.339. The number of nitrogens with zero attached hydrogens (tertiary/aromatic N) is 3. The van der Waals surface area contributed by atoms with E-state index in [1.807, 2.05) is 7.05 Å². The Balaban J connectivity index is 1.96. The summed E-state index contributed by atoms with van der Waals surface area (Å²) in [5, 5.41) is 10.7. The van der Waals surface area contributed by atoms with Gasteiger partial charge in [-0.25, -0.2) is 4.39 Å². The molecule has 0 unspecified atom stereocenters. The van der Waals surface area contributed by atoms with Crippen molar-refractivity contribution < 1.29 is 9.18 Å². The summed E-state index contributed by atoms with van der Waals surface area (Å²) in [7, 11) is 1.83. The highest BCUT2D eigenvalue weighted by Crippen LogP contribution is 2.10. The van der Waals surface area contributed by atoms with E-state index < -0.39 is 11.7 Å². The van der Waals surface area contributed by atoms with Crippen molar-refractivity contribution in [1.29, 1.82) is 0 Å². The molecule has 100 valence electrons. The molecule has 19 heavy (non-hydrogen) atoms. The maximum Gasteiger partial charge on any atom is 0.248 e. The van der Waals surface area contributed by atoms with Crippen LogP contribution in [-0.4, -0.2) is 20.7 Å². The standard InChI is InChI=1S/C12H14FN5O/c1-18-7-16-17-11(18)6-15-5-9-3-2-8(12(14)19)4-10(9)13/h2-4,7,15H,5-6H2,1H3,(H2,14,19). The van der Waals surface area contributed by atoms with Gasteiger partial charge in [0.15, 0.2) is 0 Å². The van der Waals surface area contributed by atoms with Crippen LogP contribution in [-0.2, 0) is 20.1 Å². The van der Waals surface area contributed by atoms with Gasteiger partial charge < -0.3 is 15.6 Å². The molecule has 1 aromatic carbocycles. The highest BCUT2D eigenvalue weighted by molar-refractivity contribution is 5.92. The summed E-state index contributed by atoms with van der Waals surface area (Å²) in [5.41, 5.74) is 5.70. The number of nitrogens with two attached hydrogens (primary N) is 1. The average Bonchev–Trinajstić information content (AvgIpc) is 2.77. The number of rotatable bonds is 5. The Morgan fingerprint density at radius 3 is 2.84 bits per heavy atom. The smallest absolute Gasteiger partial charge is 0.248 e. The fraction of sp³-hybridized carbons (Fsp3) is 0.250. The van der Waals surface area contributed by atoms with Crippen molar-refractivity contribution in [3.05, 3.63) is 47.3 Å². The summed E-state index contributed by atoms with van der Waals surface area (Å²) in [6.07, 6.45) is 1.60. The molecule has 1 aromatic heterocycles. The van der Waals surface area contributed by atoms with Crippen LogP contribution in [0.15, 0.2) is 24.5 Å². The molecule has 2 aromatic rings. The van der Waals surface area contributed by atoms with E-state index in [-0.39, 0.29) is 5.56 Å². The molecule has 7 heteroatoms. The topological polar surface area (TPSA) is 85.8 Å². The van der Waals surface area contributed by atoms with E-state index in [2.05, 4.69) is 15.5 Å². The minimum Gasteiger partial charge on any atom is -0.366 e. The van der Waals surface area contributed by atoms with Crippen molar-refractivity contribution in [1.82, 2.24) is 20.1 Å². The number of nitrogens with one attached hydrogen (secondary N) is 1. The molecule has 0 radical (unpaired) electrons. The maximum absolute atomic E-state index is 13.7. The van der Waals surface area contributed by atoms with Gasteiger partial charge in [0.25, 0.3) is 0 Å². The molecule has 0 aliphatic heterocycles. The molecule has 0 fully saturated rings. The summed E-state index contributed by atoms with van der Waals surface area (Å²) < 4.78 is 15.5. The Labute approximate surface area is 109 Å². The fourth-order valence-electron chi connectivity index (χ4n) is 1.62. The number of aromatic nitrogens is 3. The van der Waals surface area contributed by atoms with Gasteiger partial charge in [-0.05, 0) is 12.1 Å². The Morgan fingerprint density at radius 1 is 1.47 bits per heavy atom. The quantitative estimate of drug-likeness (QED) is 0.814. The maximum atomic E-state index is 13.7. The number of hydrogen-bond donors (Lipinski definition) is 2. The Morgan fingerprint density at radius 2 is 2.26 bits per heavy atom. The molecule has 0 atom stereocenters. The molecular weight excluding hydrogens is 249 g/mol. The van der Waals surface area contributed by atoms with Gasteiger partial charge in [-0.15, -0.1) is 10.2 Å². The number of benzene rings is 1. The summed E-state index contributed by atoms with van der Waals surface area (Å²) in [4.78, 5) is 10.9. The molecule has 3 N–H and O–H groups in total. The molecule has 0 saturated carbocycles. The first-order valence-corrected chi connectivity index (χ1v) is 5.69. The van der Waals surface area contributed by atoms with E-state index in [1.165, 1.54) is 6.07 Å². The highest BCUT2D eigenvalue weighted by Gasteiger charge is 2.07. The predicted molar refractivity (Wildman–Crippen MR) is 66.5 cm³/mol. The van der Waals surface area contributed by atoms with Crippen LogP contribution in [0.25, 0.3) is 0 Å². The van der Waals surface area contributed by atoms with Gasteiger partial charge in [0.1, 0.15) is 18.0 Å². The van der Waals surface area contributed by atoms with Gasteiger partial charge in [-0.1, -0.05) is 6.07 Å². The van der Waals surface area contributed by atoms with Crippen LogP contribution in [0.5, 0.6) is 0 Å². The molecule has 0 spiro atoms. The number of aryl methyl sites for hydroxylation is 1.